The quantitative estimate of drug-likeness (QED) is 0.343. The molecule has 18 heavy (non-hydrogen) atoms. The first-order valence-corrected chi connectivity index (χ1v) is 5.58. The zero-order valence-corrected chi connectivity index (χ0v) is 9.87. The summed E-state index contributed by atoms with van der Waals surface area (Å²) in [5, 5.41) is 19.8. The summed E-state index contributed by atoms with van der Waals surface area (Å²) in [7, 11) is 0. The summed E-state index contributed by atoms with van der Waals surface area (Å²) in [6, 6.07) is -1.14. The van der Waals surface area contributed by atoms with Crippen LogP contribution in [0.4, 0.5) is 0 Å². The molecule has 0 amide bonds. The van der Waals surface area contributed by atoms with Crippen molar-refractivity contribution in [2.24, 2.45) is 5.92 Å². The molecule has 0 unspecified atom stereocenters. The molecule has 0 aromatic rings. The van der Waals surface area contributed by atoms with Gasteiger partial charge < -0.3 is 25.1 Å². The van der Waals surface area contributed by atoms with Gasteiger partial charge in [0.05, 0.1) is 6.42 Å². The fraction of sp³-hybridized carbons (Fsp3) is 0.636. The summed E-state index contributed by atoms with van der Waals surface area (Å²) in [5.74, 6) is -2.77. The number of nitrogens with one attached hydrogen (secondary N) is 1. The molecule has 7 heteroatoms. The molecule has 3 N–H and O–H groups in total. The van der Waals surface area contributed by atoms with Crippen LogP contribution in [0.3, 0.4) is 0 Å². The van der Waals surface area contributed by atoms with Gasteiger partial charge in [0.25, 0.3) is 0 Å². The monoisotopic (exact) mass is 259 g/mol. The molecule has 0 aromatic carbocycles. The molecule has 0 heterocycles. The van der Waals surface area contributed by atoms with E-state index >= 15 is 0 Å². The van der Waals surface area contributed by atoms with E-state index in [2.05, 4.69) is 5.32 Å². The zero-order valence-electron chi connectivity index (χ0n) is 9.87. The number of carboxylic acid groups (broad SMARTS) is 2. The fourth-order valence-corrected chi connectivity index (χ4v) is 1.43. The number of carbonyl (C=O) groups excluding carboxylic acids is 2. The molecule has 0 saturated heterocycles. The summed E-state index contributed by atoms with van der Waals surface area (Å²) >= 11 is 0. The number of aliphatic carboxylic acids is 2. The van der Waals surface area contributed by atoms with Crippen LogP contribution in [0.1, 0.15) is 25.7 Å². The topological polar surface area (TPSA) is 121 Å². The largest absolute Gasteiger partial charge is 0.481 e. The van der Waals surface area contributed by atoms with Gasteiger partial charge in [-0.2, -0.15) is 0 Å². The standard InChI is InChI=1S/C11H17NO6/c13-5-3-8(7-14)2-1-4-12-9(11(17)18)6-10(15)16/h5,7-9,12H,1-4,6H2,(H,15,16)(H,17,18)/t8-,9-/m0/s1. The molecule has 0 aromatic heterocycles. The van der Waals surface area contributed by atoms with Gasteiger partial charge in [0.15, 0.2) is 0 Å². The molecule has 0 aliphatic heterocycles. The minimum absolute atomic E-state index is 0.154. The molecule has 0 fully saturated rings. The number of rotatable bonds is 11. The maximum atomic E-state index is 10.7. The third-order valence-corrected chi connectivity index (χ3v) is 2.41. The molecule has 0 rings (SSSR count). The minimum atomic E-state index is -1.22. The van der Waals surface area contributed by atoms with Crippen LogP contribution >= 0.6 is 0 Å². The van der Waals surface area contributed by atoms with Crippen molar-refractivity contribution < 1.29 is 29.4 Å². The van der Waals surface area contributed by atoms with Gasteiger partial charge in [0, 0.05) is 12.3 Å². The number of hydrogen-bond donors (Lipinski definition) is 3. The lowest BCUT2D eigenvalue weighted by Crippen LogP contribution is -2.39. The fourth-order valence-electron chi connectivity index (χ4n) is 1.43. The van der Waals surface area contributed by atoms with E-state index in [1.807, 2.05) is 0 Å². The zero-order chi connectivity index (χ0) is 14.0. The van der Waals surface area contributed by atoms with E-state index in [4.69, 9.17) is 10.2 Å². The van der Waals surface area contributed by atoms with Gasteiger partial charge >= 0.3 is 11.9 Å². The van der Waals surface area contributed by atoms with Crippen molar-refractivity contribution >= 4 is 24.5 Å². The van der Waals surface area contributed by atoms with Gasteiger partial charge in [-0.3, -0.25) is 9.59 Å². The summed E-state index contributed by atoms with van der Waals surface area (Å²) in [4.78, 5) is 41.8. The van der Waals surface area contributed by atoms with E-state index in [-0.39, 0.29) is 18.9 Å². The van der Waals surface area contributed by atoms with Crippen LogP contribution in [0, 0.1) is 5.92 Å². The predicted octanol–water partition coefficient (Wildman–Crippen LogP) is -0.312. The van der Waals surface area contributed by atoms with E-state index in [0.717, 1.165) is 0 Å². The second kappa shape index (κ2) is 9.29. The van der Waals surface area contributed by atoms with Crippen molar-refractivity contribution in [2.45, 2.75) is 31.7 Å². The summed E-state index contributed by atoms with van der Waals surface area (Å²) in [6.07, 6.45) is 1.98. The smallest absolute Gasteiger partial charge is 0.321 e. The highest BCUT2D eigenvalue weighted by Gasteiger charge is 2.19. The lowest BCUT2D eigenvalue weighted by atomic mass is 10.0. The Bertz CT molecular complexity index is 304. The van der Waals surface area contributed by atoms with E-state index in [1.165, 1.54) is 0 Å². The van der Waals surface area contributed by atoms with Crippen molar-refractivity contribution in [2.75, 3.05) is 6.54 Å². The molecular weight excluding hydrogens is 242 g/mol. The van der Waals surface area contributed by atoms with Crippen LogP contribution in [-0.2, 0) is 19.2 Å². The SMILES string of the molecule is O=CC[C@@H](C=O)CCCN[C@@H](CC(=O)O)C(=O)O. The molecule has 0 bridgehead atoms. The lowest BCUT2D eigenvalue weighted by molar-refractivity contribution is -0.145. The predicted molar refractivity (Wildman–Crippen MR) is 61.1 cm³/mol. The van der Waals surface area contributed by atoms with Crippen LogP contribution in [-0.4, -0.2) is 47.3 Å². The normalized spacial score (nSPS) is 13.6. The Hall–Kier alpha value is -1.76. The van der Waals surface area contributed by atoms with Crippen molar-refractivity contribution in [3.8, 4) is 0 Å². The van der Waals surface area contributed by atoms with Crippen molar-refractivity contribution in [1.82, 2.24) is 5.32 Å². The van der Waals surface area contributed by atoms with Crippen molar-refractivity contribution in [3.05, 3.63) is 0 Å². The lowest BCUT2D eigenvalue weighted by Gasteiger charge is -2.12. The first-order chi connectivity index (χ1) is 8.51. The van der Waals surface area contributed by atoms with Crippen LogP contribution < -0.4 is 5.32 Å². The van der Waals surface area contributed by atoms with Gasteiger partial charge in [-0.25, -0.2) is 0 Å². The highest BCUT2D eigenvalue weighted by atomic mass is 16.4. The molecule has 0 aliphatic carbocycles. The van der Waals surface area contributed by atoms with E-state index < -0.39 is 24.4 Å². The number of hydrogen-bond acceptors (Lipinski definition) is 5. The second-order valence-corrected chi connectivity index (χ2v) is 3.88. The van der Waals surface area contributed by atoms with Crippen LogP contribution in [0.15, 0.2) is 0 Å². The Morgan fingerprint density at radius 3 is 2.33 bits per heavy atom. The molecule has 2 atom stereocenters. The van der Waals surface area contributed by atoms with Crippen molar-refractivity contribution in [3.63, 3.8) is 0 Å². The van der Waals surface area contributed by atoms with Gasteiger partial charge in [0.1, 0.15) is 18.6 Å². The summed E-state index contributed by atoms with van der Waals surface area (Å²) in [5.41, 5.74) is 0. The molecule has 0 saturated carbocycles. The third-order valence-electron chi connectivity index (χ3n) is 2.41. The molecule has 102 valence electrons. The minimum Gasteiger partial charge on any atom is -0.481 e. The molecule has 0 radical (unpaired) electrons. The molecular formula is C11H17NO6. The third kappa shape index (κ3) is 7.50. The summed E-state index contributed by atoms with van der Waals surface area (Å²) < 4.78 is 0. The van der Waals surface area contributed by atoms with E-state index in [0.29, 0.717) is 25.4 Å². The average molecular weight is 259 g/mol. The Morgan fingerprint density at radius 2 is 1.89 bits per heavy atom. The Kier molecular flexibility index (Phi) is 8.38. The van der Waals surface area contributed by atoms with Gasteiger partial charge in [-0.15, -0.1) is 0 Å². The summed E-state index contributed by atoms with van der Waals surface area (Å²) in [6.45, 7) is 0.285. The van der Waals surface area contributed by atoms with Crippen LogP contribution in [0.5, 0.6) is 0 Å². The first kappa shape index (κ1) is 16.2. The maximum absolute atomic E-state index is 10.7. The Balaban J connectivity index is 3.91. The van der Waals surface area contributed by atoms with Gasteiger partial charge in [0.2, 0.25) is 0 Å². The Labute approximate surface area is 104 Å². The second-order valence-electron chi connectivity index (χ2n) is 3.88. The number of aldehydes is 2. The highest BCUT2D eigenvalue weighted by molar-refractivity contribution is 5.80. The van der Waals surface area contributed by atoms with Gasteiger partial charge in [-0.1, -0.05) is 0 Å². The van der Waals surface area contributed by atoms with Crippen LogP contribution in [0.2, 0.25) is 0 Å². The average Bonchev–Trinajstić information content (AvgIpc) is 2.30. The highest BCUT2D eigenvalue weighted by Crippen LogP contribution is 2.06. The Morgan fingerprint density at radius 1 is 1.22 bits per heavy atom. The number of carbonyl (C=O) groups is 4. The molecule has 0 spiro atoms. The maximum Gasteiger partial charge on any atom is 0.321 e. The van der Waals surface area contributed by atoms with Gasteiger partial charge in [-0.05, 0) is 19.4 Å². The molecule has 0 aliphatic rings. The first-order valence-electron chi connectivity index (χ1n) is 5.58. The van der Waals surface area contributed by atoms with Crippen LogP contribution in [0.25, 0.3) is 0 Å². The van der Waals surface area contributed by atoms with E-state index in [9.17, 15) is 19.2 Å². The number of carboxylic acids is 2. The van der Waals surface area contributed by atoms with E-state index in [1.54, 1.807) is 0 Å². The van der Waals surface area contributed by atoms with Crippen molar-refractivity contribution in [1.29, 1.82) is 0 Å². The molecule has 7 nitrogen and oxygen atoms in total.